The molecule has 1 aliphatic heterocycles. The summed E-state index contributed by atoms with van der Waals surface area (Å²) in [5.74, 6) is -0.526. The smallest absolute Gasteiger partial charge is 0.310 e. The van der Waals surface area contributed by atoms with E-state index >= 15 is 0 Å². The van der Waals surface area contributed by atoms with Crippen LogP contribution in [0.2, 0.25) is 0 Å². The van der Waals surface area contributed by atoms with Gasteiger partial charge in [0.05, 0.1) is 18.2 Å². The van der Waals surface area contributed by atoms with Crippen LogP contribution in [0.3, 0.4) is 0 Å². The number of carbonyl (C=O) groups excluding carboxylic acids is 2. The Morgan fingerprint density at radius 3 is 2.88 bits per heavy atom. The molecule has 2 aromatic heterocycles. The van der Waals surface area contributed by atoms with Crippen molar-refractivity contribution in [3.63, 3.8) is 0 Å². The number of pyridine rings is 1. The van der Waals surface area contributed by atoms with Gasteiger partial charge in [-0.3, -0.25) is 14.0 Å². The second kappa shape index (κ2) is 7.56. The standard InChI is InChI=1S/C18H22BrN3O3/c1-3-14-16(22-11-13(19)7-8-15(22)20-14)17(23)21-9-5-6-12(10-21)18(24)25-4-2/h7-8,11-12H,3-6,9-10H2,1-2H3. The highest BCUT2D eigenvalue weighted by atomic mass is 79.9. The van der Waals surface area contributed by atoms with Crippen LogP contribution < -0.4 is 0 Å². The van der Waals surface area contributed by atoms with Crippen molar-refractivity contribution in [1.29, 1.82) is 0 Å². The molecule has 0 bridgehead atoms. The highest BCUT2D eigenvalue weighted by molar-refractivity contribution is 9.10. The van der Waals surface area contributed by atoms with Gasteiger partial charge < -0.3 is 9.64 Å². The molecule has 0 N–H and O–H groups in total. The highest BCUT2D eigenvalue weighted by Crippen LogP contribution is 2.23. The Labute approximate surface area is 155 Å². The fraction of sp³-hybridized carbons (Fsp3) is 0.500. The number of aromatic nitrogens is 2. The maximum atomic E-state index is 13.2. The SMILES string of the molecule is CCOC(=O)C1CCCN(C(=O)c2c(CC)nc3ccc(Br)cn23)C1. The first-order chi connectivity index (χ1) is 12.0. The summed E-state index contributed by atoms with van der Waals surface area (Å²) in [6, 6.07) is 3.80. The number of imidazole rings is 1. The molecule has 134 valence electrons. The van der Waals surface area contributed by atoms with Gasteiger partial charge in [-0.05, 0) is 54.2 Å². The first kappa shape index (κ1) is 17.9. The van der Waals surface area contributed by atoms with Crippen molar-refractivity contribution in [1.82, 2.24) is 14.3 Å². The lowest BCUT2D eigenvalue weighted by molar-refractivity contribution is -0.149. The number of aryl methyl sites for hydroxylation is 1. The van der Waals surface area contributed by atoms with E-state index in [0.717, 1.165) is 28.7 Å². The van der Waals surface area contributed by atoms with Crippen molar-refractivity contribution in [2.45, 2.75) is 33.1 Å². The van der Waals surface area contributed by atoms with Crippen molar-refractivity contribution in [2.75, 3.05) is 19.7 Å². The third kappa shape index (κ3) is 3.56. The van der Waals surface area contributed by atoms with Gasteiger partial charge >= 0.3 is 5.97 Å². The molecule has 0 aliphatic carbocycles. The van der Waals surface area contributed by atoms with Crippen LogP contribution in [0.25, 0.3) is 5.65 Å². The van der Waals surface area contributed by atoms with Crippen LogP contribution in [0, 0.1) is 5.92 Å². The Kier molecular flexibility index (Phi) is 5.42. The molecule has 1 atom stereocenters. The number of fused-ring (bicyclic) bond motifs is 1. The second-order valence-electron chi connectivity index (χ2n) is 6.18. The average molecular weight is 408 g/mol. The minimum Gasteiger partial charge on any atom is -0.466 e. The van der Waals surface area contributed by atoms with Crippen LogP contribution in [0.4, 0.5) is 0 Å². The zero-order valence-electron chi connectivity index (χ0n) is 14.5. The molecule has 1 unspecified atom stereocenters. The van der Waals surface area contributed by atoms with Gasteiger partial charge in [0, 0.05) is 23.8 Å². The van der Waals surface area contributed by atoms with Gasteiger partial charge in [0.25, 0.3) is 5.91 Å². The van der Waals surface area contributed by atoms with Crippen molar-refractivity contribution in [3.05, 3.63) is 34.2 Å². The Morgan fingerprint density at radius 2 is 2.16 bits per heavy atom. The fourth-order valence-corrected chi connectivity index (χ4v) is 3.64. The first-order valence-corrected chi connectivity index (χ1v) is 9.46. The zero-order chi connectivity index (χ0) is 18.0. The molecule has 0 radical (unpaired) electrons. The molecule has 1 saturated heterocycles. The van der Waals surface area contributed by atoms with Gasteiger partial charge in [-0.25, -0.2) is 4.98 Å². The molecule has 3 heterocycles. The Morgan fingerprint density at radius 1 is 1.36 bits per heavy atom. The van der Waals surface area contributed by atoms with Crippen LogP contribution in [0.5, 0.6) is 0 Å². The number of likely N-dealkylation sites (tertiary alicyclic amines) is 1. The molecule has 1 amide bonds. The Hall–Kier alpha value is -1.89. The number of esters is 1. The molecule has 0 saturated carbocycles. The number of hydrogen-bond acceptors (Lipinski definition) is 4. The number of amides is 1. The minimum absolute atomic E-state index is 0.0727. The van der Waals surface area contributed by atoms with E-state index < -0.39 is 0 Å². The number of ether oxygens (including phenoxy) is 1. The summed E-state index contributed by atoms with van der Waals surface area (Å²) in [5, 5.41) is 0. The normalized spacial score (nSPS) is 17.7. The third-order valence-corrected chi connectivity index (χ3v) is 4.99. The summed E-state index contributed by atoms with van der Waals surface area (Å²) in [4.78, 5) is 31.6. The van der Waals surface area contributed by atoms with Gasteiger partial charge in [0.1, 0.15) is 11.3 Å². The van der Waals surface area contributed by atoms with Crippen LogP contribution >= 0.6 is 15.9 Å². The number of rotatable bonds is 4. The van der Waals surface area contributed by atoms with Crippen molar-refractivity contribution in [2.24, 2.45) is 5.92 Å². The van der Waals surface area contributed by atoms with Crippen LogP contribution in [-0.2, 0) is 16.0 Å². The molecular weight excluding hydrogens is 386 g/mol. The largest absolute Gasteiger partial charge is 0.466 e. The molecular formula is C18H22BrN3O3. The average Bonchev–Trinajstić information content (AvgIpc) is 2.99. The van der Waals surface area contributed by atoms with E-state index in [1.165, 1.54) is 0 Å². The molecule has 3 rings (SSSR count). The van der Waals surface area contributed by atoms with Gasteiger partial charge in [0.15, 0.2) is 0 Å². The van der Waals surface area contributed by atoms with E-state index in [9.17, 15) is 9.59 Å². The summed E-state index contributed by atoms with van der Waals surface area (Å²) in [6.45, 7) is 5.21. The van der Waals surface area contributed by atoms with E-state index in [2.05, 4.69) is 20.9 Å². The number of carbonyl (C=O) groups is 2. The van der Waals surface area contributed by atoms with Crippen LogP contribution in [0.1, 0.15) is 42.9 Å². The van der Waals surface area contributed by atoms with Crippen molar-refractivity contribution in [3.8, 4) is 0 Å². The van der Waals surface area contributed by atoms with E-state index in [0.29, 0.717) is 31.8 Å². The lowest BCUT2D eigenvalue weighted by Crippen LogP contribution is -2.43. The van der Waals surface area contributed by atoms with E-state index in [-0.39, 0.29) is 17.8 Å². The van der Waals surface area contributed by atoms with Gasteiger partial charge in [-0.1, -0.05) is 6.92 Å². The lowest BCUT2D eigenvalue weighted by Gasteiger charge is -2.31. The monoisotopic (exact) mass is 407 g/mol. The molecule has 1 aliphatic rings. The molecule has 0 spiro atoms. The van der Waals surface area contributed by atoms with Gasteiger partial charge in [-0.15, -0.1) is 0 Å². The van der Waals surface area contributed by atoms with Crippen LogP contribution in [0.15, 0.2) is 22.8 Å². The predicted octanol–water partition coefficient (Wildman–Crippen LogP) is 3.07. The maximum absolute atomic E-state index is 13.2. The molecule has 2 aromatic rings. The Balaban J connectivity index is 1.91. The minimum atomic E-state index is -0.242. The maximum Gasteiger partial charge on any atom is 0.310 e. The van der Waals surface area contributed by atoms with Crippen LogP contribution in [-0.4, -0.2) is 45.9 Å². The topological polar surface area (TPSA) is 63.9 Å². The first-order valence-electron chi connectivity index (χ1n) is 8.67. The van der Waals surface area contributed by atoms with Gasteiger partial charge in [0.2, 0.25) is 0 Å². The predicted molar refractivity (Wildman–Crippen MR) is 97.5 cm³/mol. The third-order valence-electron chi connectivity index (χ3n) is 4.52. The molecule has 25 heavy (non-hydrogen) atoms. The zero-order valence-corrected chi connectivity index (χ0v) is 16.1. The molecule has 7 heteroatoms. The summed E-state index contributed by atoms with van der Waals surface area (Å²) in [6.07, 6.45) is 4.11. The Bertz CT molecular complexity index is 802. The lowest BCUT2D eigenvalue weighted by atomic mass is 9.98. The molecule has 1 fully saturated rings. The van der Waals surface area contributed by atoms with Crippen molar-refractivity contribution >= 4 is 33.5 Å². The number of hydrogen-bond donors (Lipinski definition) is 0. The van der Waals surface area contributed by atoms with Gasteiger partial charge in [-0.2, -0.15) is 0 Å². The van der Waals surface area contributed by atoms with E-state index in [4.69, 9.17) is 4.74 Å². The summed E-state index contributed by atoms with van der Waals surface area (Å²) < 4.78 is 7.85. The second-order valence-corrected chi connectivity index (χ2v) is 7.09. The number of piperidine rings is 1. The summed E-state index contributed by atoms with van der Waals surface area (Å²) in [7, 11) is 0. The number of halogens is 1. The van der Waals surface area contributed by atoms with E-state index in [1.54, 1.807) is 11.8 Å². The number of nitrogens with zero attached hydrogens (tertiary/aromatic N) is 3. The fourth-order valence-electron chi connectivity index (χ4n) is 3.30. The van der Waals surface area contributed by atoms with Crippen molar-refractivity contribution < 1.29 is 14.3 Å². The van der Waals surface area contributed by atoms with E-state index in [1.807, 2.05) is 29.7 Å². The molecule has 0 aromatic carbocycles. The summed E-state index contributed by atoms with van der Waals surface area (Å²) >= 11 is 3.45. The molecule has 6 nitrogen and oxygen atoms in total. The summed E-state index contributed by atoms with van der Waals surface area (Å²) in [5.41, 5.74) is 2.12. The quantitative estimate of drug-likeness (QED) is 0.730. The highest BCUT2D eigenvalue weighted by Gasteiger charge is 2.32.